The summed E-state index contributed by atoms with van der Waals surface area (Å²) in [7, 11) is 0. The Balaban J connectivity index is 1.36. The summed E-state index contributed by atoms with van der Waals surface area (Å²) in [5.74, 6) is 0.529. The molecule has 1 amide bonds. The topological polar surface area (TPSA) is 42.0 Å². The fourth-order valence-electron chi connectivity index (χ4n) is 4.11. The average Bonchev–Trinajstić information content (AvgIpc) is 2.74. The molecule has 2 fully saturated rings. The van der Waals surface area contributed by atoms with Crippen LogP contribution in [0.5, 0.6) is 5.75 Å². The molecule has 2 aliphatic rings. The zero-order valence-corrected chi connectivity index (χ0v) is 16.8. The van der Waals surface area contributed by atoms with Crippen molar-refractivity contribution in [2.75, 3.05) is 37.7 Å². The standard InChI is InChI=1S/C23H27FN2O3/c1-2-28-21-9-3-18(4-10-21)15-25-13-11-23(12-14-25)17-26(22(27)16-29-23)20-7-5-19(24)6-8-20/h3-10H,2,11-17H2,1H3. The van der Waals surface area contributed by atoms with E-state index >= 15 is 0 Å². The molecule has 0 radical (unpaired) electrons. The maximum absolute atomic E-state index is 13.2. The summed E-state index contributed by atoms with van der Waals surface area (Å²) in [5.41, 5.74) is 1.67. The molecule has 1 spiro atoms. The van der Waals surface area contributed by atoms with Crippen LogP contribution in [0.25, 0.3) is 0 Å². The average molecular weight is 398 g/mol. The van der Waals surface area contributed by atoms with Gasteiger partial charge in [-0.05, 0) is 61.7 Å². The van der Waals surface area contributed by atoms with Crippen molar-refractivity contribution in [3.8, 4) is 5.75 Å². The third-order valence-corrected chi connectivity index (χ3v) is 5.80. The van der Waals surface area contributed by atoms with Crippen LogP contribution in [-0.2, 0) is 16.1 Å². The first-order valence-corrected chi connectivity index (χ1v) is 10.2. The van der Waals surface area contributed by atoms with E-state index in [0.717, 1.165) is 43.9 Å². The van der Waals surface area contributed by atoms with E-state index in [1.807, 2.05) is 19.1 Å². The second-order valence-electron chi connectivity index (χ2n) is 7.78. The van der Waals surface area contributed by atoms with Crippen LogP contribution in [0, 0.1) is 5.82 Å². The zero-order valence-electron chi connectivity index (χ0n) is 16.8. The van der Waals surface area contributed by atoms with Crippen molar-refractivity contribution in [3.63, 3.8) is 0 Å². The molecule has 4 rings (SSSR count). The van der Waals surface area contributed by atoms with Gasteiger partial charge >= 0.3 is 0 Å². The van der Waals surface area contributed by atoms with E-state index in [0.29, 0.717) is 13.2 Å². The number of rotatable bonds is 5. The van der Waals surface area contributed by atoms with E-state index in [4.69, 9.17) is 9.47 Å². The smallest absolute Gasteiger partial charge is 0.253 e. The largest absolute Gasteiger partial charge is 0.494 e. The molecule has 2 heterocycles. The van der Waals surface area contributed by atoms with Crippen molar-refractivity contribution in [1.29, 1.82) is 0 Å². The predicted octanol–water partition coefficient (Wildman–Crippen LogP) is 3.62. The van der Waals surface area contributed by atoms with Gasteiger partial charge in [-0.2, -0.15) is 0 Å². The molecule has 0 aliphatic carbocycles. The third-order valence-electron chi connectivity index (χ3n) is 5.80. The number of amides is 1. The summed E-state index contributed by atoms with van der Waals surface area (Å²) >= 11 is 0. The lowest BCUT2D eigenvalue weighted by molar-refractivity contribution is -0.144. The van der Waals surface area contributed by atoms with Gasteiger partial charge in [0, 0.05) is 25.3 Å². The predicted molar refractivity (Wildman–Crippen MR) is 110 cm³/mol. The fraction of sp³-hybridized carbons (Fsp3) is 0.435. The van der Waals surface area contributed by atoms with Gasteiger partial charge in [0.15, 0.2) is 0 Å². The number of nitrogens with zero attached hydrogens (tertiary/aromatic N) is 2. The number of ether oxygens (including phenoxy) is 2. The van der Waals surface area contributed by atoms with Gasteiger partial charge < -0.3 is 14.4 Å². The molecule has 0 unspecified atom stereocenters. The minimum absolute atomic E-state index is 0.0703. The number of piperidine rings is 1. The van der Waals surface area contributed by atoms with Crippen LogP contribution in [0.2, 0.25) is 0 Å². The molecule has 5 nitrogen and oxygen atoms in total. The number of anilines is 1. The minimum Gasteiger partial charge on any atom is -0.494 e. The number of halogens is 1. The molecule has 0 saturated carbocycles. The maximum atomic E-state index is 13.2. The van der Waals surface area contributed by atoms with Crippen LogP contribution in [0.4, 0.5) is 10.1 Å². The zero-order chi connectivity index (χ0) is 20.3. The van der Waals surface area contributed by atoms with E-state index < -0.39 is 0 Å². The lowest BCUT2D eigenvalue weighted by atomic mass is 9.88. The Hall–Kier alpha value is -2.44. The Bertz CT molecular complexity index is 830. The van der Waals surface area contributed by atoms with E-state index in [1.165, 1.54) is 17.7 Å². The van der Waals surface area contributed by atoms with Crippen LogP contribution >= 0.6 is 0 Å². The molecule has 2 aromatic carbocycles. The number of hydrogen-bond donors (Lipinski definition) is 0. The summed E-state index contributed by atoms with van der Waals surface area (Å²) in [5, 5.41) is 0. The molecule has 0 bridgehead atoms. The number of benzene rings is 2. The van der Waals surface area contributed by atoms with Crippen LogP contribution < -0.4 is 9.64 Å². The van der Waals surface area contributed by atoms with Crippen molar-refractivity contribution >= 4 is 11.6 Å². The first kappa shape index (κ1) is 19.9. The number of morpholine rings is 1. The highest BCUT2D eigenvalue weighted by atomic mass is 19.1. The SMILES string of the molecule is CCOc1ccc(CN2CCC3(CC2)CN(c2ccc(F)cc2)C(=O)CO3)cc1. The van der Waals surface area contributed by atoms with Gasteiger partial charge in [0.1, 0.15) is 18.2 Å². The number of carbonyl (C=O) groups excluding carboxylic acids is 1. The molecule has 154 valence electrons. The number of likely N-dealkylation sites (tertiary alicyclic amines) is 1. The fourth-order valence-corrected chi connectivity index (χ4v) is 4.11. The summed E-state index contributed by atoms with van der Waals surface area (Å²) in [4.78, 5) is 16.5. The van der Waals surface area contributed by atoms with Crippen LogP contribution in [0.1, 0.15) is 25.3 Å². The summed E-state index contributed by atoms with van der Waals surface area (Å²) in [6, 6.07) is 14.4. The van der Waals surface area contributed by atoms with Gasteiger partial charge in [-0.15, -0.1) is 0 Å². The molecule has 29 heavy (non-hydrogen) atoms. The molecule has 0 N–H and O–H groups in total. The first-order valence-electron chi connectivity index (χ1n) is 10.2. The van der Waals surface area contributed by atoms with E-state index in [2.05, 4.69) is 17.0 Å². The molecule has 2 aliphatic heterocycles. The van der Waals surface area contributed by atoms with Crippen molar-refractivity contribution in [2.24, 2.45) is 0 Å². The van der Waals surface area contributed by atoms with Gasteiger partial charge in [0.05, 0.1) is 18.8 Å². The van der Waals surface area contributed by atoms with E-state index in [-0.39, 0.29) is 23.9 Å². The lowest BCUT2D eigenvalue weighted by Gasteiger charge is -2.47. The molecular formula is C23H27FN2O3. The van der Waals surface area contributed by atoms with Gasteiger partial charge in [0.25, 0.3) is 5.91 Å². The highest BCUT2D eigenvalue weighted by molar-refractivity contribution is 5.95. The molecule has 0 aromatic heterocycles. The second-order valence-corrected chi connectivity index (χ2v) is 7.78. The number of hydrogen-bond acceptors (Lipinski definition) is 4. The van der Waals surface area contributed by atoms with Crippen LogP contribution in [-0.4, -0.2) is 49.3 Å². The van der Waals surface area contributed by atoms with Crippen molar-refractivity contribution in [1.82, 2.24) is 4.90 Å². The Morgan fingerprint density at radius 2 is 1.76 bits per heavy atom. The molecule has 0 atom stereocenters. The lowest BCUT2D eigenvalue weighted by Crippen LogP contribution is -2.58. The Morgan fingerprint density at radius 1 is 1.07 bits per heavy atom. The monoisotopic (exact) mass is 398 g/mol. The van der Waals surface area contributed by atoms with Crippen LogP contribution in [0.3, 0.4) is 0 Å². The van der Waals surface area contributed by atoms with Crippen molar-refractivity contribution < 1.29 is 18.7 Å². The van der Waals surface area contributed by atoms with Gasteiger partial charge in [-0.3, -0.25) is 9.69 Å². The summed E-state index contributed by atoms with van der Waals surface area (Å²) in [6.07, 6.45) is 1.74. The van der Waals surface area contributed by atoms with Crippen molar-refractivity contribution in [2.45, 2.75) is 31.9 Å². The highest BCUT2D eigenvalue weighted by Gasteiger charge is 2.42. The van der Waals surface area contributed by atoms with Gasteiger partial charge in [-0.25, -0.2) is 4.39 Å². The normalized spacial score (nSPS) is 19.5. The van der Waals surface area contributed by atoms with Gasteiger partial charge in [-0.1, -0.05) is 12.1 Å². The summed E-state index contributed by atoms with van der Waals surface area (Å²) < 4.78 is 24.8. The third kappa shape index (κ3) is 4.60. The Morgan fingerprint density at radius 3 is 2.41 bits per heavy atom. The second kappa shape index (κ2) is 8.51. The molecule has 6 heteroatoms. The molecule has 2 saturated heterocycles. The quantitative estimate of drug-likeness (QED) is 0.772. The maximum Gasteiger partial charge on any atom is 0.253 e. The van der Waals surface area contributed by atoms with E-state index in [1.54, 1.807) is 17.0 Å². The highest BCUT2D eigenvalue weighted by Crippen LogP contribution is 2.33. The van der Waals surface area contributed by atoms with Gasteiger partial charge in [0.2, 0.25) is 0 Å². The van der Waals surface area contributed by atoms with Crippen LogP contribution in [0.15, 0.2) is 48.5 Å². The molecule has 2 aromatic rings. The van der Waals surface area contributed by atoms with E-state index in [9.17, 15) is 9.18 Å². The Kier molecular flexibility index (Phi) is 5.83. The van der Waals surface area contributed by atoms with Crippen molar-refractivity contribution in [3.05, 3.63) is 59.9 Å². The Labute approximate surface area is 171 Å². The minimum atomic E-state index is -0.322. The number of carbonyl (C=O) groups is 1. The first-order chi connectivity index (χ1) is 14.1. The molecular weight excluding hydrogens is 371 g/mol. The summed E-state index contributed by atoms with van der Waals surface area (Å²) in [6.45, 7) is 5.98.